The normalized spacial score (nSPS) is 11.2. The molecule has 0 fully saturated rings. The number of methoxy groups -OCH3 is 1. The molecular weight excluding hydrogens is 360 g/mol. The van der Waals surface area contributed by atoms with Crippen LogP contribution in [-0.2, 0) is 0 Å². The lowest BCUT2D eigenvalue weighted by Crippen LogP contribution is -2.49. The highest BCUT2D eigenvalue weighted by Crippen LogP contribution is 2.36. The molecule has 0 heterocycles. The Balaban J connectivity index is 2.91. The predicted molar refractivity (Wildman–Crippen MR) is 96.3 cm³/mol. The molecule has 0 aliphatic carbocycles. The second-order valence-corrected chi connectivity index (χ2v) is 6.44. The molecule has 6 heteroatoms. The first-order chi connectivity index (χ1) is 10.9. The Hall–Kier alpha value is -1.27. The number of nitrogens with one attached hydrogen (secondary N) is 1. The van der Waals surface area contributed by atoms with Crippen LogP contribution in [0.4, 0.5) is 0 Å². The van der Waals surface area contributed by atoms with Crippen LogP contribution in [0.25, 0.3) is 0 Å². The van der Waals surface area contributed by atoms with Crippen LogP contribution < -0.4 is 20.5 Å². The van der Waals surface area contributed by atoms with Gasteiger partial charge < -0.3 is 20.5 Å². The van der Waals surface area contributed by atoms with Crippen LogP contribution in [0.5, 0.6) is 11.5 Å². The van der Waals surface area contributed by atoms with Crippen molar-refractivity contribution in [1.29, 1.82) is 0 Å². The van der Waals surface area contributed by atoms with Crippen LogP contribution in [0, 0.1) is 0 Å². The Morgan fingerprint density at radius 2 is 1.96 bits per heavy atom. The second-order valence-electron chi connectivity index (χ2n) is 5.59. The Morgan fingerprint density at radius 3 is 2.48 bits per heavy atom. The summed E-state index contributed by atoms with van der Waals surface area (Å²) in [6, 6.07) is 3.42. The van der Waals surface area contributed by atoms with Crippen molar-refractivity contribution in [2.75, 3.05) is 20.3 Å². The summed E-state index contributed by atoms with van der Waals surface area (Å²) in [6.07, 6.45) is 2.51. The van der Waals surface area contributed by atoms with Crippen LogP contribution in [0.15, 0.2) is 16.6 Å². The van der Waals surface area contributed by atoms with Gasteiger partial charge in [0.25, 0.3) is 5.91 Å². The van der Waals surface area contributed by atoms with Gasteiger partial charge in [-0.05, 0) is 47.3 Å². The number of halogens is 1. The maximum absolute atomic E-state index is 12.4. The summed E-state index contributed by atoms with van der Waals surface area (Å²) in [5.74, 6) is 0.965. The molecule has 0 atom stereocenters. The van der Waals surface area contributed by atoms with E-state index in [-0.39, 0.29) is 11.4 Å². The lowest BCUT2D eigenvalue weighted by Gasteiger charge is -2.26. The van der Waals surface area contributed by atoms with E-state index < -0.39 is 0 Å². The lowest BCUT2D eigenvalue weighted by atomic mass is 9.94. The van der Waals surface area contributed by atoms with E-state index in [0.29, 0.717) is 34.7 Å². The molecule has 1 rings (SSSR count). The maximum atomic E-state index is 12.4. The molecule has 23 heavy (non-hydrogen) atoms. The molecule has 0 aliphatic heterocycles. The van der Waals surface area contributed by atoms with Crippen molar-refractivity contribution in [3.63, 3.8) is 0 Å². The van der Waals surface area contributed by atoms with E-state index in [1.54, 1.807) is 19.2 Å². The summed E-state index contributed by atoms with van der Waals surface area (Å²) in [4.78, 5) is 12.4. The van der Waals surface area contributed by atoms with Gasteiger partial charge in [-0.3, -0.25) is 4.79 Å². The predicted octanol–water partition coefficient (Wildman–Crippen LogP) is 3.49. The van der Waals surface area contributed by atoms with Crippen LogP contribution in [0.2, 0.25) is 0 Å². The van der Waals surface area contributed by atoms with Gasteiger partial charge in [0.05, 0.1) is 18.2 Å². The molecule has 3 N–H and O–H groups in total. The quantitative estimate of drug-likeness (QED) is 0.680. The fraction of sp³-hybridized carbons (Fsp3) is 0.588. The van der Waals surface area contributed by atoms with Crippen molar-refractivity contribution in [2.24, 2.45) is 5.73 Å². The summed E-state index contributed by atoms with van der Waals surface area (Å²) in [6.45, 7) is 7.10. The Morgan fingerprint density at radius 1 is 1.30 bits per heavy atom. The first-order valence-electron chi connectivity index (χ1n) is 7.98. The van der Waals surface area contributed by atoms with E-state index in [9.17, 15) is 4.79 Å². The van der Waals surface area contributed by atoms with Gasteiger partial charge in [-0.2, -0.15) is 0 Å². The molecule has 130 valence electrons. The Labute approximate surface area is 147 Å². The Kier molecular flexibility index (Phi) is 7.85. The second kappa shape index (κ2) is 9.13. The van der Waals surface area contributed by atoms with Gasteiger partial charge in [0.1, 0.15) is 0 Å². The molecule has 1 amide bonds. The summed E-state index contributed by atoms with van der Waals surface area (Å²) < 4.78 is 11.7. The molecule has 5 nitrogen and oxygen atoms in total. The SMILES string of the molecule is CCCOc1c(Br)cc(C(=O)NCC(N)(CC)CC)cc1OC. The third-order valence-corrected chi connectivity index (χ3v) is 4.54. The van der Waals surface area contributed by atoms with Gasteiger partial charge in [0, 0.05) is 17.6 Å². The molecule has 0 bridgehead atoms. The molecule has 0 unspecified atom stereocenters. The minimum Gasteiger partial charge on any atom is -0.493 e. The van der Waals surface area contributed by atoms with Gasteiger partial charge in [-0.15, -0.1) is 0 Å². The molecule has 0 saturated carbocycles. The van der Waals surface area contributed by atoms with Crippen molar-refractivity contribution in [2.45, 2.75) is 45.6 Å². The number of carbonyl (C=O) groups excluding carboxylic acids is 1. The highest BCUT2D eigenvalue weighted by atomic mass is 79.9. The minimum atomic E-state index is -0.374. The van der Waals surface area contributed by atoms with Gasteiger partial charge in [-0.25, -0.2) is 0 Å². The fourth-order valence-corrected chi connectivity index (χ4v) is 2.61. The third-order valence-electron chi connectivity index (χ3n) is 3.95. The van der Waals surface area contributed by atoms with Gasteiger partial charge in [0.15, 0.2) is 11.5 Å². The van der Waals surface area contributed by atoms with Crippen LogP contribution in [-0.4, -0.2) is 31.7 Å². The van der Waals surface area contributed by atoms with Gasteiger partial charge in [0.2, 0.25) is 0 Å². The first kappa shape index (κ1) is 19.8. The fourth-order valence-electron chi connectivity index (χ4n) is 2.05. The van der Waals surface area contributed by atoms with Crippen LogP contribution in [0.1, 0.15) is 50.4 Å². The molecule has 0 aliphatic rings. The number of hydrogen-bond acceptors (Lipinski definition) is 4. The van der Waals surface area contributed by atoms with E-state index in [1.807, 2.05) is 20.8 Å². The van der Waals surface area contributed by atoms with E-state index in [2.05, 4.69) is 21.2 Å². The highest BCUT2D eigenvalue weighted by Gasteiger charge is 2.22. The summed E-state index contributed by atoms with van der Waals surface area (Å²) in [5.41, 5.74) is 6.35. The number of amides is 1. The zero-order valence-corrected chi connectivity index (χ0v) is 16.0. The number of hydrogen-bond donors (Lipinski definition) is 2. The number of rotatable bonds is 9. The highest BCUT2D eigenvalue weighted by molar-refractivity contribution is 9.10. The summed E-state index contributed by atoms with van der Waals surface area (Å²) in [5, 5.41) is 2.90. The Bertz CT molecular complexity index is 531. The summed E-state index contributed by atoms with van der Waals surface area (Å²) in [7, 11) is 1.56. The van der Waals surface area contributed by atoms with Crippen molar-refractivity contribution in [1.82, 2.24) is 5.32 Å². The average Bonchev–Trinajstić information content (AvgIpc) is 2.57. The van der Waals surface area contributed by atoms with Crippen molar-refractivity contribution < 1.29 is 14.3 Å². The molecule has 1 aromatic carbocycles. The third kappa shape index (κ3) is 5.39. The van der Waals surface area contributed by atoms with Crippen LogP contribution >= 0.6 is 15.9 Å². The van der Waals surface area contributed by atoms with E-state index in [1.165, 1.54) is 0 Å². The number of nitrogens with two attached hydrogens (primary N) is 1. The zero-order valence-electron chi connectivity index (χ0n) is 14.4. The smallest absolute Gasteiger partial charge is 0.251 e. The van der Waals surface area contributed by atoms with E-state index in [4.69, 9.17) is 15.2 Å². The number of benzene rings is 1. The van der Waals surface area contributed by atoms with E-state index >= 15 is 0 Å². The van der Waals surface area contributed by atoms with Crippen LogP contribution in [0.3, 0.4) is 0 Å². The van der Waals surface area contributed by atoms with Gasteiger partial charge in [-0.1, -0.05) is 20.8 Å². The molecule has 0 spiro atoms. The van der Waals surface area contributed by atoms with E-state index in [0.717, 1.165) is 19.3 Å². The molecular formula is C17H27BrN2O3. The lowest BCUT2D eigenvalue weighted by molar-refractivity contribution is 0.0941. The van der Waals surface area contributed by atoms with Crippen molar-refractivity contribution in [3.05, 3.63) is 22.2 Å². The maximum Gasteiger partial charge on any atom is 0.251 e. The largest absolute Gasteiger partial charge is 0.493 e. The molecule has 0 aromatic heterocycles. The topological polar surface area (TPSA) is 73.6 Å². The first-order valence-corrected chi connectivity index (χ1v) is 8.77. The van der Waals surface area contributed by atoms with Gasteiger partial charge >= 0.3 is 0 Å². The monoisotopic (exact) mass is 386 g/mol. The summed E-state index contributed by atoms with van der Waals surface area (Å²) >= 11 is 3.45. The average molecular weight is 387 g/mol. The molecule has 1 aromatic rings. The molecule has 0 saturated heterocycles. The standard InChI is InChI=1S/C17H27BrN2O3/c1-5-8-23-15-13(18)9-12(10-14(15)22-4)16(21)20-11-17(19,6-2)7-3/h9-10H,5-8,11,19H2,1-4H3,(H,20,21). The van der Waals surface area contributed by atoms with Crippen molar-refractivity contribution in [3.8, 4) is 11.5 Å². The number of carbonyl (C=O) groups is 1. The molecule has 0 radical (unpaired) electrons. The number of ether oxygens (including phenoxy) is 2. The van der Waals surface area contributed by atoms with Crippen molar-refractivity contribution >= 4 is 21.8 Å². The minimum absolute atomic E-state index is 0.178. The zero-order chi connectivity index (χ0) is 17.5.